The number of rotatable bonds is 2. The minimum absolute atomic E-state index is 0.0537. The van der Waals surface area contributed by atoms with Gasteiger partial charge in [-0.25, -0.2) is 4.79 Å². The molecule has 0 aromatic heterocycles. The third-order valence-electron chi connectivity index (χ3n) is 3.80. The zero-order valence-corrected chi connectivity index (χ0v) is 13.6. The molecule has 2 rings (SSSR count). The third kappa shape index (κ3) is 4.74. The Morgan fingerprint density at radius 2 is 1.76 bits per heavy atom. The second-order valence-electron chi connectivity index (χ2n) is 6.87. The first kappa shape index (κ1) is 15.8. The molecule has 1 aliphatic heterocycles. The molecule has 0 unspecified atom stereocenters. The molecule has 0 atom stereocenters. The van der Waals surface area contributed by atoms with Crippen molar-refractivity contribution in [2.24, 2.45) is 0 Å². The molecule has 1 saturated heterocycles. The first-order chi connectivity index (χ1) is 9.85. The number of nitrogens with one attached hydrogen (secondary N) is 1. The predicted octanol–water partition coefficient (Wildman–Crippen LogP) is 2.62. The highest BCUT2D eigenvalue weighted by Crippen LogP contribution is 2.13. The van der Waals surface area contributed by atoms with E-state index >= 15 is 0 Å². The van der Waals surface area contributed by atoms with Crippen LogP contribution in [0.1, 0.15) is 31.9 Å². The molecule has 4 nitrogen and oxygen atoms in total. The van der Waals surface area contributed by atoms with Crippen LogP contribution in [0.5, 0.6) is 0 Å². The molecule has 2 amide bonds. The lowest BCUT2D eigenvalue weighted by atomic mass is 10.1. The fourth-order valence-corrected chi connectivity index (χ4v) is 2.54. The minimum atomic E-state index is -0.171. The monoisotopic (exact) mass is 289 g/mol. The molecule has 0 bridgehead atoms. The highest BCUT2D eigenvalue weighted by atomic mass is 16.2. The summed E-state index contributed by atoms with van der Waals surface area (Å²) in [5.41, 5.74) is 2.55. The molecule has 116 valence electrons. The van der Waals surface area contributed by atoms with Crippen molar-refractivity contribution in [3.05, 3.63) is 35.4 Å². The maximum Gasteiger partial charge on any atom is 0.317 e. The van der Waals surface area contributed by atoms with E-state index < -0.39 is 0 Å². The number of amides is 2. The summed E-state index contributed by atoms with van der Waals surface area (Å²) >= 11 is 0. The van der Waals surface area contributed by atoms with Crippen LogP contribution >= 0.6 is 0 Å². The standard InChI is InChI=1S/C17H27N3O/c1-14-7-5-6-8-15(14)13-19-9-11-20(12-10-19)16(21)18-17(2,3)4/h5-8H,9-13H2,1-4H3,(H,18,21). The highest BCUT2D eigenvalue weighted by Gasteiger charge is 2.24. The molecule has 0 spiro atoms. The fourth-order valence-electron chi connectivity index (χ4n) is 2.54. The van der Waals surface area contributed by atoms with Gasteiger partial charge in [-0.1, -0.05) is 24.3 Å². The topological polar surface area (TPSA) is 35.6 Å². The van der Waals surface area contributed by atoms with E-state index in [2.05, 4.69) is 41.4 Å². The molecule has 1 aliphatic rings. The van der Waals surface area contributed by atoms with E-state index in [1.807, 2.05) is 25.7 Å². The molecule has 0 saturated carbocycles. The zero-order valence-electron chi connectivity index (χ0n) is 13.6. The van der Waals surface area contributed by atoms with Crippen molar-refractivity contribution in [2.45, 2.75) is 39.8 Å². The van der Waals surface area contributed by atoms with E-state index in [0.717, 1.165) is 32.7 Å². The number of piperazine rings is 1. The Kier molecular flexibility index (Phi) is 4.88. The van der Waals surface area contributed by atoms with Crippen LogP contribution in [0.4, 0.5) is 4.79 Å². The number of hydrogen-bond acceptors (Lipinski definition) is 2. The van der Waals surface area contributed by atoms with Gasteiger partial charge in [0.1, 0.15) is 0 Å². The van der Waals surface area contributed by atoms with Gasteiger partial charge in [0.25, 0.3) is 0 Å². The van der Waals surface area contributed by atoms with Crippen LogP contribution in [0.2, 0.25) is 0 Å². The summed E-state index contributed by atoms with van der Waals surface area (Å²) in [5, 5.41) is 3.03. The summed E-state index contributed by atoms with van der Waals surface area (Å²) in [6.07, 6.45) is 0. The fraction of sp³-hybridized carbons (Fsp3) is 0.588. The maximum absolute atomic E-state index is 12.1. The van der Waals surface area contributed by atoms with Gasteiger partial charge in [-0.2, -0.15) is 0 Å². The number of carbonyl (C=O) groups is 1. The first-order valence-corrected chi connectivity index (χ1v) is 7.69. The molecule has 1 aromatic carbocycles. The van der Waals surface area contributed by atoms with E-state index in [1.165, 1.54) is 11.1 Å². The van der Waals surface area contributed by atoms with Crippen LogP contribution in [0.3, 0.4) is 0 Å². The predicted molar refractivity (Wildman–Crippen MR) is 86.3 cm³/mol. The Morgan fingerprint density at radius 1 is 1.14 bits per heavy atom. The van der Waals surface area contributed by atoms with Gasteiger partial charge >= 0.3 is 6.03 Å². The van der Waals surface area contributed by atoms with E-state index in [1.54, 1.807) is 0 Å². The Balaban J connectivity index is 1.83. The van der Waals surface area contributed by atoms with Crippen LogP contribution in [0, 0.1) is 6.92 Å². The van der Waals surface area contributed by atoms with Crippen molar-refractivity contribution in [2.75, 3.05) is 26.2 Å². The molecule has 0 aliphatic carbocycles. The minimum Gasteiger partial charge on any atom is -0.333 e. The number of nitrogens with zero attached hydrogens (tertiary/aromatic N) is 2. The summed E-state index contributed by atoms with van der Waals surface area (Å²) < 4.78 is 0. The van der Waals surface area contributed by atoms with Gasteiger partial charge in [0.05, 0.1) is 0 Å². The van der Waals surface area contributed by atoms with Gasteiger partial charge in [-0.05, 0) is 38.8 Å². The van der Waals surface area contributed by atoms with Crippen LogP contribution in [-0.4, -0.2) is 47.5 Å². The van der Waals surface area contributed by atoms with Gasteiger partial charge in [0.15, 0.2) is 0 Å². The Hall–Kier alpha value is -1.55. The molecule has 1 N–H and O–H groups in total. The molecule has 1 aromatic rings. The van der Waals surface area contributed by atoms with Crippen molar-refractivity contribution in [1.29, 1.82) is 0 Å². The molecular weight excluding hydrogens is 262 g/mol. The quantitative estimate of drug-likeness (QED) is 0.908. The molecule has 4 heteroatoms. The first-order valence-electron chi connectivity index (χ1n) is 7.69. The van der Waals surface area contributed by atoms with Crippen molar-refractivity contribution in [3.63, 3.8) is 0 Å². The van der Waals surface area contributed by atoms with Gasteiger partial charge in [0.2, 0.25) is 0 Å². The largest absolute Gasteiger partial charge is 0.333 e. The van der Waals surface area contributed by atoms with E-state index in [-0.39, 0.29) is 11.6 Å². The summed E-state index contributed by atoms with van der Waals surface area (Å²) in [6, 6.07) is 8.57. The second-order valence-corrected chi connectivity index (χ2v) is 6.87. The average molecular weight is 289 g/mol. The lowest BCUT2D eigenvalue weighted by molar-refractivity contribution is 0.131. The third-order valence-corrected chi connectivity index (χ3v) is 3.80. The highest BCUT2D eigenvalue weighted by molar-refractivity contribution is 5.75. The van der Waals surface area contributed by atoms with E-state index in [9.17, 15) is 4.79 Å². The Bertz CT molecular complexity index is 485. The van der Waals surface area contributed by atoms with Crippen molar-refractivity contribution in [3.8, 4) is 0 Å². The molecule has 1 heterocycles. The van der Waals surface area contributed by atoms with Gasteiger partial charge < -0.3 is 10.2 Å². The smallest absolute Gasteiger partial charge is 0.317 e. The number of hydrogen-bond donors (Lipinski definition) is 1. The molecular formula is C17H27N3O. The van der Waals surface area contributed by atoms with Crippen LogP contribution < -0.4 is 5.32 Å². The van der Waals surface area contributed by atoms with Crippen molar-refractivity contribution >= 4 is 6.03 Å². The molecule has 0 radical (unpaired) electrons. The van der Waals surface area contributed by atoms with E-state index in [0.29, 0.717) is 0 Å². The van der Waals surface area contributed by atoms with Gasteiger partial charge in [-0.3, -0.25) is 4.90 Å². The average Bonchev–Trinajstić information content (AvgIpc) is 2.40. The van der Waals surface area contributed by atoms with Crippen molar-refractivity contribution < 1.29 is 4.79 Å². The summed E-state index contributed by atoms with van der Waals surface area (Å²) in [5.74, 6) is 0. The summed E-state index contributed by atoms with van der Waals surface area (Å²) in [6.45, 7) is 12.6. The van der Waals surface area contributed by atoms with Crippen molar-refractivity contribution in [1.82, 2.24) is 15.1 Å². The van der Waals surface area contributed by atoms with Gasteiger partial charge in [-0.15, -0.1) is 0 Å². The number of aryl methyl sites for hydroxylation is 1. The Labute approximate surface area is 128 Å². The normalized spacial score (nSPS) is 16.9. The number of benzene rings is 1. The summed E-state index contributed by atoms with van der Waals surface area (Å²) in [7, 11) is 0. The molecule has 1 fully saturated rings. The zero-order chi connectivity index (χ0) is 15.5. The summed E-state index contributed by atoms with van der Waals surface area (Å²) in [4.78, 5) is 16.5. The second kappa shape index (κ2) is 6.48. The van der Waals surface area contributed by atoms with Gasteiger partial charge in [0, 0.05) is 38.3 Å². The van der Waals surface area contributed by atoms with Crippen LogP contribution in [0.15, 0.2) is 24.3 Å². The molecule has 21 heavy (non-hydrogen) atoms. The van der Waals surface area contributed by atoms with Crippen LogP contribution in [0.25, 0.3) is 0 Å². The lowest BCUT2D eigenvalue weighted by Gasteiger charge is -2.36. The SMILES string of the molecule is Cc1ccccc1CN1CCN(C(=O)NC(C)(C)C)CC1. The van der Waals surface area contributed by atoms with E-state index in [4.69, 9.17) is 0 Å². The Morgan fingerprint density at radius 3 is 2.33 bits per heavy atom. The maximum atomic E-state index is 12.1. The number of carbonyl (C=O) groups excluding carboxylic acids is 1. The number of urea groups is 1. The lowest BCUT2D eigenvalue weighted by Crippen LogP contribution is -2.54. The van der Waals surface area contributed by atoms with Crippen LogP contribution in [-0.2, 0) is 6.54 Å².